The minimum atomic E-state index is -3.69. The number of hydrogen-bond acceptors (Lipinski definition) is 3. The molecular formula is C14H12Cl2N2O2S. The highest BCUT2D eigenvalue weighted by molar-refractivity contribution is 7.95. The molecule has 0 amide bonds. The third-order valence-electron chi connectivity index (χ3n) is 2.65. The molecule has 1 heterocycles. The lowest BCUT2D eigenvalue weighted by Gasteiger charge is -2.07. The zero-order valence-corrected chi connectivity index (χ0v) is 13.4. The van der Waals surface area contributed by atoms with Crippen LogP contribution in [0.4, 0.5) is 5.69 Å². The Labute approximate surface area is 133 Å². The van der Waals surface area contributed by atoms with E-state index in [0.717, 1.165) is 5.41 Å². The van der Waals surface area contributed by atoms with Crippen molar-refractivity contribution >= 4 is 45.0 Å². The van der Waals surface area contributed by atoms with Crippen molar-refractivity contribution in [2.24, 2.45) is 0 Å². The van der Waals surface area contributed by atoms with E-state index in [1.807, 2.05) is 0 Å². The van der Waals surface area contributed by atoms with Gasteiger partial charge in [0.25, 0.3) is 10.0 Å². The lowest BCUT2D eigenvalue weighted by Crippen LogP contribution is -2.09. The fourth-order valence-corrected chi connectivity index (χ4v) is 2.87. The summed E-state index contributed by atoms with van der Waals surface area (Å²) in [7, 11) is -3.69. The predicted octanol–water partition coefficient (Wildman–Crippen LogP) is 4.11. The zero-order valence-electron chi connectivity index (χ0n) is 11.0. The molecule has 1 aromatic heterocycles. The summed E-state index contributed by atoms with van der Waals surface area (Å²) < 4.78 is 26.4. The largest absolute Gasteiger partial charge is 0.278 e. The summed E-state index contributed by atoms with van der Waals surface area (Å²) in [6, 6.07) is 8.44. The van der Waals surface area contributed by atoms with Crippen LogP contribution < -0.4 is 4.72 Å². The minimum Gasteiger partial charge on any atom is -0.278 e. The smallest absolute Gasteiger partial charge is 0.255 e. The Hall–Kier alpha value is -1.56. The summed E-state index contributed by atoms with van der Waals surface area (Å²) in [5, 5.41) is 1.79. The Morgan fingerprint density at radius 3 is 2.62 bits per heavy atom. The maximum atomic E-state index is 12.0. The molecule has 0 aliphatic rings. The van der Waals surface area contributed by atoms with Gasteiger partial charge in [-0.15, -0.1) is 0 Å². The number of sulfonamides is 1. The van der Waals surface area contributed by atoms with Crippen molar-refractivity contribution in [1.82, 2.24) is 4.98 Å². The van der Waals surface area contributed by atoms with E-state index in [4.69, 9.17) is 23.2 Å². The second-order valence-corrected chi connectivity index (χ2v) is 6.58. The van der Waals surface area contributed by atoms with Gasteiger partial charge in [-0.25, -0.2) is 8.42 Å². The molecule has 0 bridgehead atoms. The van der Waals surface area contributed by atoms with Crippen molar-refractivity contribution in [3.63, 3.8) is 0 Å². The number of nitrogens with zero attached hydrogens (tertiary/aromatic N) is 1. The lowest BCUT2D eigenvalue weighted by molar-refractivity contribution is 0.609. The van der Waals surface area contributed by atoms with Gasteiger partial charge < -0.3 is 0 Å². The average molecular weight is 343 g/mol. The van der Waals surface area contributed by atoms with Crippen LogP contribution in [0, 0.1) is 6.92 Å². The molecule has 0 saturated carbocycles. The van der Waals surface area contributed by atoms with Crippen LogP contribution in [0.3, 0.4) is 0 Å². The second kappa shape index (κ2) is 6.47. The number of aryl methyl sites for hydroxylation is 1. The van der Waals surface area contributed by atoms with Gasteiger partial charge in [-0.2, -0.15) is 0 Å². The quantitative estimate of drug-likeness (QED) is 0.909. The number of hydrogen-bond donors (Lipinski definition) is 1. The Balaban J connectivity index is 2.24. The van der Waals surface area contributed by atoms with Gasteiger partial charge in [0.1, 0.15) is 0 Å². The highest BCUT2D eigenvalue weighted by atomic mass is 35.5. The summed E-state index contributed by atoms with van der Waals surface area (Å²) in [5.74, 6) is 0. The topological polar surface area (TPSA) is 59.1 Å². The molecule has 2 aromatic rings. The molecule has 1 N–H and O–H groups in total. The highest BCUT2D eigenvalue weighted by Gasteiger charge is 2.10. The van der Waals surface area contributed by atoms with Crippen LogP contribution >= 0.6 is 23.2 Å². The van der Waals surface area contributed by atoms with Gasteiger partial charge in [-0.1, -0.05) is 41.4 Å². The third-order valence-corrected chi connectivity index (χ3v) is 4.47. The van der Waals surface area contributed by atoms with Gasteiger partial charge in [-0.05, 0) is 30.7 Å². The number of aromatic nitrogens is 1. The van der Waals surface area contributed by atoms with Gasteiger partial charge in [0.05, 0.1) is 21.8 Å². The van der Waals surface area contributed by atoms with Crippen LogP contribution in [0.15, 0.2) is 41.9 Å². The van der Waals surface area contributed by atoms with Crippen LogP contribution in [0.25, 0.3) is 6.08 Å². The fourth-order valence-electron chi connectivity index (χ4n) is 1.59. The van der Waals surface area contributed by atoms with E-state index in [2.05, 4.69) is 9.71 Å². The van der Waals surface area contributed by atoms with E-state index in [1.165, 1.54) is 18.3 Å². The van der Waals surface area contributed by atoms with E-state index in [-0.39, 0.29) is 10.7 Å². The number of benzene rings is 1. The van der Waals surface area contributed by atoms with E-state index in [9.17, 15) is 8.42 Å². The van der Waals surface area contributed by atoms with Crippen LogP contribution in [0.1, 0.15) is 11.3 Å². The number of anilines is 1. The molecule has 0 unspecified atom stereocenters. The Morgan fingerprint density at radius 2 is 1.90 bits per heavy atom. The predicted molar refractivity (Wildman–Crippen MR) is 87.0 cm³/mol. The monoisotopic (exact) mass is 342 g/mol. The normalized spacial score (nSPS) is 11.8. The molecule has 0 aliphatic heterocycles. The van der Waals surface area contributed by atoms with Gasteiger partial charge in [0.2, 0.25) is 0 Å². The molecule has 0 radical (unpaired) electrons. The van der Waals surface area contributed by atoms with E-state index < -0.39 is 10.0 Å². The first-order valence-electron chi connectivity index (χ1n) is 5.95. The molecule has 0 saturated heterocycles. The molecule has 7 heteroatoms. The second-order valence-electron chi connectivity index (χ2n) is 4.23. The maximum absolute atomic E-state index is 12.0. The molecule has 1 aromatic carbocycles. The van der Waals surface area contributed by atoms with Crippen LogP contribution in [-0.2, 0) is 10.0 Å². The van der Waals surface area contributed by atoms with Crippen LogP contribution in [0.5, 0.6) is 0 Å². The van der Waals surface area contributed by atoms with Gasteiger partial charge in [-0.3, -0.25) is 9.71 Å². The molecule has 21 heavy (non-hydrogen) atoms. The summed E-state index contributed by atoms with van der Waals surface area (Å²) in [6.07, 6.45) is 2.91. The number of halogens is 2. The fraction of sp³-hybridized carbons (Fsp3) is 0.0714. The van der Waals surface area contributed by atoms with Crippen molar-refractivity contribution < 1.29 is 8.42 Å². The lowest BCUT2D eigenvalue weighted by atomic mass is 10.2. The van der Waals surface area contributed by atoms with Crippen molar-refractivity contribution in [3.8, 4) is 0 Å². The van der Waals surface area contributed by atoms with Crippen LogP contribution in [0.2, 0.25) is 10.0 Å². The SMILES string of the molecule is Cc1nccc(NS(=O)(=O)C=Cc2ccccc2Cl)c1Cl. The third kappa shape index (κ3) is 4.20. The first-order valence-corrected chi connectivity index (χ1v) is 8.26. The summed E-state index contributed by atoms with van der Waals surface area (Å²) in [5.41, 5.74) is 1.45. The van der Waals surface area contributed by atoms with Gasteiger partial charge in [0, 0.05) is 11.2 Å². The van der Waals surface area contributed by atoms with E-state index in [1.54, 1.807) is 31.2 Å². The number of nitrogens with one attached hydrogen (secondary N) is 1. The molecule has 0 atom stereocenters. The first kappa shape index (κ1) is 15.8. The van der Waals surface area contributed by atoms with Crippen molar-refractivity contribution in [3.05, 3.63) is 63.2 Å². The van der Waals surface area contributed by atoms with Gasteiger partial charge in [0.15, 0.2) is 0 Å². The van der Waals surface area contributed by atoms with E-state index in [0.29, 0.717) is 16.3 Å². The molecule has 2 rings (SSSR count). The van der Waals surface area contributed by atoms with Crippen molar-refractivity contribution in [1.29, 1.82) is 0 Å². The standard InChI is InChI=1S/C14H12Cl2N2O2S/c1-10-14(16)13(6-8-17-10)18-21(19,20)9-7-11-4-2-3-5-12(11)15/h2-9H,1H3,(H,17,18). The summed E-state index contributed by atoms with van der Waals surface area (Å²) in [4.78, 5) is 3.97. The zero-order chi connectivity index (χ0) is 15.5. The summed E-state index contributed by atoms with van der Waals surface area (Å²) >= 11 is 12.0. The van der Waals surface area contributed by atoms with Crippen LogP contribution in [-0.4, -0.2) is 13.4 Å². The molecule has 0 fully saturated rings. The molecule has 110 valence electrons. The van der Waals surface area contributed by atoms with Crippen molar-refractivity contribution in [2.75, 3.05) is 4.72 Å². The summed E-state index contributed by atoms with van der Waals surface area (Å²) in [6.45, 7) is 1.69. The van der Waals surface area contributed by atoms with E-state index >= 15 is 0 Å². The van der Waals surface area contributed by atoms with Crippen molar-refractivity contribution in [2.45, 2.75) is 6.92 Å². The first-order chi connectivity index (χ1) is 9.89. The number of pyridine rings is 1. The Bertz CT molecular complexity index is 789. The molecule has 4 nitrogen and oxygen atoms in total. The molecular weight excluding hydrogens is 331 g/mol. The maximum Gasteiger partial charge on any atom is 0.255 e. The highest BCUT2D eigenvalue weighted by Crippen LogP contribution is 2.25. The minimum absolute atomic E-state index is 0.271. The Kier molecular flexibility index (Phi) is 4.88. The Morgan fingerprint density at radius 1 is 1.19 bits per heavy atom. The average Bonchev–Trinajstić information content (AvgIpc) is 2.43. The van der Waals surface area contributed by atoms with Gasteiger partial charge >= 0.3 is 0 Å². The number of rotatable bonds is 4. The molecule has 0 aliphatic carbocycles. The molecule has 0 spiro atoms.